The number of amides is 1. The predicted molar refractivity (Wildman–Crippen MR) is 155 cm³/mol. The minimum atomic E-state index is -3.79. The van der Waals surface area contributed by atoms with Crippen LogP contribution in [0.1, 0.15) is 20.7 Å². The number of carboxylic acids is 1. The average Bonchev–Trinajstić information content (AvgIpc) is 3.41. The highest BCUT2D eigenvalue weighted by molar-refractivity contribution is 7.93. The Morgan fingerprint density at radius 1 is 0.854 bits per heavy atom. The molecule has 0 fully saturated rings. The molecule has 0 radical (unpaired) electrons. The Bertz CT molecular complexity index is 1770. The minimum absolute atomic E-state index is 0.0000926. The topological polar surface area (TPSA) is 250 Å². The van der Waals surface area contributed by atoms with Gasteiger partial charge in [0, 0.05) is 23.0 Å². The molecule has 3 aromatic carbocycles. The van der Waals surface area contributed by atoms with E-state index < -0.39 is 37.9 Å². The number of rotatable bonds is 8. The quantitative estimate of drug-likeness (QED) is 0.0948. The number of hydrogen-bond acceptors (Lipinski definition) is 9. The van der Waals surface area contributed by atoms with Gasteiger partial charge in [-0.25, -0.2) is 18.2 Å². The number of nitrogens with two attached hydrogens (primary N) is 3. The lowest BCUT2D eigenvalue weighted by molar-refractivity contribution is 0.0692. The summed E-state index contributed by atoms with van der Waals surface area (Å²) in [6.45, 7) is 0. The number of aromatic nitrogens is 1. The number of hydrogen-bond donors (Lipinski definition) is 6. The summed E-state index contributed by atoms with van der Waals surface area (Å²) >= 11 is 1.15. The highest BCUT2D eigenvalue weighted by Crippen LogP contribution is 2.20. The lowest BCUT2D eigenvalue weighted by Crippen LogP contribution is -2.24. The fourth-order valence-electron chi connectivity index (χ4n) is 3.06. The molecule has 0 saturated heterocycles. The Balaban J connectivity index is 0.000000278. The Morgan fingerprint density at radius 2 is 1.44 bits per heavy atom. The zero-order valence-corrected chi connectivity index (χ0v) is 23.3. The summed E-state index contributed by atoms with van der Waals surface area (Å²) in [7, 11) is -7.58. The van der Waals surface area contributed by atoms with Crippen molar-refractivity contribution >= 4 is 65.7 Å². The first kappa shape index (κ1) is 30.5. The molecule has 1 aromatic heterocycles. The van der Waals surface area contributed by atoms with Crippen molar-refractivity contribution in [1.82, 2.24) is 4.98 Å². The maximum atomic E-state index is 12.3. The van der Waals surface area contributed by atoms with Crippen molar-refractivity contribution in [3.8, 4) is 0 Å². The highest BCUT2D eigenvalue weighted by Gasteiger charge is 2.18. The van der Waals surface area contributed by atoms with Gasteiger partial charge in [-0.15, -0.1) is 15.7 Å². The third kappa shape index (κ3) is 8.49. The maximum absolute atomic E-state index is 12.3. The number of anilines is 3. The third-order valence-electron chi connectivity index (χ3n) is 4.88. The van der Waals surface area contributed by atoms with Gasteiger partial charge in [0.25, 0.3) is 26.0 Å². The van der Waals surface area contributed by atoms with Crippen LogP contribution in [0.2, 0.25) is 0 Å². The number of carboxylic acid groups (broad SMARTS) is 1. The molecule has 4 aromatic rings. The molecule has 0 aliphatic carbocycles. The van der Waals surface area contributed by atoms with Crippen molar-refractivity contribution in [2.45, 2.75) is 9.79 Å². The number of nitrogen functional groups attached to an aromatic ring is 1. The number of nitrogens with one attached hydrogen (secondary N) is 2. The van der Waals surface area contributed by atoms with Gasteiger partial charge in [-0.05, 0) is 60.7 Å². The van der Waals surface area contributed by atoms with E-state index >= 15 is 0 Å². The zero-order chi connectivity index (χ0) is 30.2. The first-order valence-electron chi connectivity index (χ1n) is 11.2. The van der Waals surface area contributed by atoms with Crippen LogP contribution in [0.5, 0.6) is 0 Å². The normalized spacial score (nSPS) is 10.9. The number of carbonyl (C=O) groups is 2. The number of thiazole rings is 1. The number of carbonyl (C=O) groups excluding carboxylic acids is 1. The Morgan fingerprint density at radius 3 is 1.98 bits per heavy atom. The van der Waals surface area contributed by atoms with Crippen molar-refractivity contribution in [3.63, 3.8) is 0 Å². The second-order valence-electron chi connectivity index (χ2n) is 7.83. The number of aromatic carboxylic acids is 1. The van der Waals surface area contributed by atoms with Crippen LogP contribution in [0.15, 0.2) is 98.6 Å². The van der Waals surface area contributed by atoms with Gasteiger partial charge in [0.2, 0.25) is 5.96 Å². The zero-order valence-electron chi connectivity index (χ0n) is 20.8. The monoisotopic (exact) mass is 617 g/mol. The molecule has 0 aliphatic heterocycles. The van der Waals surface area contributed by atoms with Gasteiger partial charge in [-0.1, -0.05) is 12.1 Å². The molecular formula is C24H23N7O7S3. The molecule has 17 heteroatoms. The van der Waals surface area contributed by atoms with E-state index in [9.17, 15) is 26.4 Å². The van der Waals surface area contributed by atoms with E-state index in [0.717, 1.165) is 11.3 Å². The molecule has 1 amide bonds. The predicted octanol–water partition coefficient (Wildman–Crippen LogP) is 2.13. The van der Waals surface area contributed by atoms with E-state index in [1.165, 1.54) is 72.9 Å². The summed E-state index contributed by atoms with van der Waals surface area (Å²) in [6, 6.07) is 16.9. The van der Waals surface area contributed by atoms with Crippen LogP contribution in [0.25, 0.3) is 0 Å². The minimum Gasteiger partial charge on any atom is -0.478 e. The lowest BCUT2D eigenvalue weighted by Gasteiger charge is -2.09. The molecule has 4 rings (SSSR count). The molecular weight excluding hydrogens is 595 g/mol. The van der Waals surface area contributed by atoms with Gasteiger partial charge in [0.15, 0.2) is 5.13 Å². The van der Waals surface area contributed by atoms with E-state index in [1.807, 2.05) is 0 Å². The molecule has 0 spiro atoms. The Hall–Kier alpha value is -5.00. The van der Waals surface area contributed by atoms with Gasteiger partial charge in [0.1, 0.15) is 0 Å². The van der Waals surface area contributed by atoms with Crippen molar-refractivity contribution in [3.05, 3.63) is 95.5 Å². The average molecular weight is 618 g/mol. The molecule has 0 saturated carbocycles. The number of benzene rings is 3. The van der Waals surface area contributed by atoms with Crippen molar-refractivity contribution in [2.24, 2.45) is 15.9 Å². The van der Waals surface area contributed by atoms with Gasteiger partial charge >= 0.3 is 5.97 Å². The molecule has 0 bridgehead atoms. The summed E-state index contributed by atoms with van der Waals surface area (Å²) in [5.74, 6) is -2.32. The van der Waals surface area contributed by atoms with Crippen LogP contribution < -0.4 is 27.2 Å². The number of sulfonamides is 2. The summed E-state index contributed by atoms with van der Waals surface area (Å²) in [5.41, 5.74) is 16.0. The second kappa shape index (κ2) is 12.9. The van der Waals surface area contributed by atoms with Crippen LogP contribution >= 0.6 is 11.3 Å². The van der Waals surface area contributed by atoms with Crippen LogP contribution in [0.4, 0.5) is 16.5 Å². The SMILES string of the molecule is NC(N)=NS(=O)(=O)c1ccc(N)cc1.O=C(O)c1ccccc1C(=O)Nc1ccc(S(=O)(=O)Nc2nccs2)cc1. The van der Waals surface area contributed by atoms with E-state index in [2.05, 4.69) is 19.4 Å². The maximum Gasteiger partial charge on any atom is 0.336 e. The molecule has 41 heavy (non-hydrogen) atoms. The van der Waals surface area contributed by atoms with Gasteiger partial charge in [-0.3, -0.25) is 9.52 Å². The Labute approximate surface area is 238 Å². The van der Waals surface area contributed by atoms with Crippen LogP contribution in [-0.4, -0.2) is 44.8 Å². The molecule has 0 atom stereocenters. The number of nitrogens with zero attached hydrogens (tertiary/aromatic N) is 2. The van der Waals surface area contributed by atoms with E-state index in [-0.39, 0.29) is 26.0 Å². The summed E-state index contributed by atoms with van der Waals surface area (Å²) in [4.78, 5) is 27.4. The van der Waals surface area contributed by atoms with Crippen molar-refractivity contribution in [2.75, 3.05) is 15.8 Å². The molecule has 0 unspecified atom stereocenters. The first-order valence-corrected chi connectivity index (χ1v) is 15.0. The van der Waals surface area contributed by atoms with E-state index in [1.54, 1.807) is 11.4 Å². The van der Waals surface area contributed by atoms with Crippen molar-refractivity contribution < 1.29 is 31.5 Å². The molecule has 14 nitrogen and oxygen atoms in total. The van der Waals surface area contributed by atoms with Gasteiger partial charge in [-0.2, -0.15) is 8.42 Å². The molecule has 9 N–H and O–H groups in total. The fraction of sp³-hybridized carbons (Fsp3) is 0. The van der Waals surface area contributed by atoms with Crippen LogP contribution in [-0.2, 0) is 20.0 Å². The van der Waals surface area contributed by atoms with Crippen LogP contribution in [0.3, 0.4) is 0 Å². The van der Waals surface area contributed by atoms with E-state index in [0.29, 0.717) is 11.4 Å². The second-order valence-corrected chi connectivity index (χ2v) is 12.0. The van der Waals surface area contributed by atoms with Gasteiger partial charge < -0.3 is 27.6 Å². The highest BCUT2D eigenvalue weighted by atomic mass is 32.2. The molecule has 214 valence electrons. The summed E-state index contributed by atoms with van der Waals surface area (Å²) < 4.78 is 52.7. The Kier molecular flexibility index (Phi) is 9.61. The summed E-state index contributed by atoms with van der Waals surface area (Å²) in [6.07, 6.45) is 1.48. The number of guanidine groups is 1. The van der Waals surface area contributed by atoms with E-state index in [4.69, 9.17) is 22.3 Å². The molecule has 0 aliphatic rings. The standard InChI is InChI=1S/C17H13N3O5S2.C7H10N4O2S/c21-15(13-3-1-2-4-14(13)16(22)23)19-11-5-7-12(8-6-11)27(24,25)20-17-18-9-10-26-17;8-5-1-3-6(4-2-5)14(12,13)11-7(9)10/h1-10H,(H,18,20)(H,19,21)(H,22,23);1-4H,8H2,(H4,9,10,11). The molecule has 1 heterocycles. The third-order valence-corrected chi connectivity index (χ3v) is 8.37. The smallest absolute Gasteiger partial charge is 0.336 e. The largest absolute Gasteiger partial charge is 0.478 e. The van der Waals surface area contributed by atoms with Crippen molar-refractivity contribution in [1.29, 1.82) is 0 Å². The summed E-state index contributed by atoms with van der Waals surface area (Å²) in [5, 5.41) is 13.6. The fourth-order valence-corrected chi connectivity index (χ4v) is 5.71. The first-order chi connectivity index (χ1) is 19.3. The van der Waals surface area contributed by atoms with Gasteiger partial charge in [0.05, 0.1) is 20.9 Å². The van der Waals surface area contributed by atoms with Crippen LogP contribution in [0, 0.1) is 0 Å². The lowest BCUT2D eigenvalue weighted by atomic mass is 10.1.